The highest BCUT2D eigenvalue weighted by Gasteiger charge is 2.25. The third kappa shape index (κ3) is 5.78. The molecule has 1 aliphatic carbocycles. The van der Waals surface area contributed by atoms with Crippen LogP contribution in [0.5, 0.6) is 11.5 Å². The second kappa shape index (κ2) is 11.6. The Morgan fingerprint density at radius 2 is 1.78 bits per heavy atom. The number of nitrogens with two attached hydrogens (primary N) is 1. The zero-order chi connectivity index (χ0) is 25.8. The van der Waals surface area contributed by atoms with Gasteiger partial charge < -0.3 is 15.2 Å². The number of nitrogen functional groups attached to an aromatic ring is 1. The van der Waals surface area contributed by atoms with Crippen LogP contribution in [0.1, 0.15) is 47.9 Å². The maximum Gasteiger partial charge on any atom is 0.120 e. The lowest BCUT2D eigenvalue weighted by Gasteiger charge is -2.19. The lowest BCUT2D eigenvalue weighted by Crippen LogP contribution is -2.26. The first-order valence-electron chi connectivity index (χ1n) is 13.1. The van der Waals surface area contributed by atoms with E-state index in [9.17, 15) is 4.39 Å². The topological polar surface area (TPSA) is 47.7 Å². The summed E-state index contributed by atoms with van der Waals surface area (Å²) < 4.78 is 24.2. The first kappa shape index (κ1) is 25.6. The van der Waals surface area contributed by atoms with Crippen molar-refractivity contribution in [1.29, 1.82) is 0 Å². The third-order valence-electron chi connectivity index (χ3n) is 7.36. The molecule has 6 heteroatoms. The average molecular weight is 521 g/mol. The standard InChI is InChI=1S/C31H34ClFN2O2/c1-36-25-11-13-28(30(32)19-25)29-5-2-4-22-18-23(34)8-12-27(22)31(29)21-6-9-24(10-7-21)37-26-14-17-35(20-26)16-3-15-33/h6-13,18-19,26H,2-5,14-17,20,34H2,1H3/t26-/m0/s1. The number of anilines is 1. The summed E-state index contributed by atoms with van der Waals surface area (Å²) in [7, 11) is 1.65. The number of hydrogen-bond donors (Lipinski definition) is 1. The summed E-state index contributed by atoms with van der Waals surface area (Å²) in [5, 5.41) is 0.684. The van der Waals surface area contributed by atoms with Gasteiger partial charge in [-0.1, -0.05) is 29.8 Å². The molecule has 2 aliphatic rings. The Kier molecular flexibility index (Phi) is 8.02. The minimum Gasteiger partial charge on any atom is -0.497 e. The normalized spacial score (nSPS) is 18.0. The third-order valence-corrected chi connectivity index (χ3v) is 7.67. The molecule has 4 nitrogen and oxygen atoms in total. The van der Waals surface area contributed by atoms with Gasteiger partial charge in [0.05, 0.1) is 18.8 Å². The van der Waals surface area contributed by atoms with E-state index in [-0.39, 0.29) is 12.8 Å². The van der Waals surface area contributed by atoms with Crippen LogP contribution < -0.4 is 15.2 Å². The fraction of sp³-hybridized carbons (Fsp3) is 0.355. The van der Waals surface area contributed by atoms with E-state index >= 15 is 0 Å². The molecule has 3 aromatic rings. The van der Waals surface area contributed by atoms with Gasteiger partial charge >= 0.3 is 0 Å². The zero-order valence-corrected chi connectivity index (χ0v) is 22.1. The van der Waals surface area contributed by atoms with Crippen LogP contribution in [0.15, 0.2) is 60.7 Å². The van der Waals surface area contributed by atoms with E-state index in [1.165, 1.54) is 22.3 Å². The van der Waals surface area contributed by atoms with Crippen LogP contribution >= 0.6 is 11.6 Å². The van der Waals surface area contributed by atoms with Gasteiger partial charge in [-0.15, -0.1) is 0 Å². The first-order chi connectivity index (χ1) is 18.1. The Morgan fingerprint density at radius 3 is 2.54 bits per heavy atom. The molecule has 37 heavy (non-hydrogen) atoms. The summed E-state index contributed by atoms with van der Waals surface area (Å²) in [6, 6.07) is 20.5. The summed E-state index contributed by atoms with van der Waals surface area (Å²) in [5.74, 6) is 1.60. The number of hydrogen-bond acceptors (Lipinski definition) is 4. The molecule has 0 spiro atoms. The number of likely N-dealkylation sites (tertiary alicyclic amines) is 1. The van der Waals surface area contributed by atoms with Crippen molar-refractivity contribution in [3.8, 4) is 11.5 Å². The number of rotatable bonds is 8. The molecule has 2 N–H and O–H groups in total. The van der Waals surface area contributed by atoms with E-state index in [4.69, 9.17) is 26.8 Å². The van der Waals surface area contributed by atoms with Crippen molar-refractivity contribution in [2.24, 2.45) is 0 Å². The summed E-state index contributed by atoms with van der Waals surface area (Å²) >= 11 is 6.78. The first-order valence-corrected chi connectivity index (χ1v) is 13.4. The van der Waals surface area contributed by atoms with Crippen LogP contribution in [0.4, 0.5) is 10.1 Å². The predicted octanol–water partition coefficient (Wildman–Crippen LogP) is 7.04. The zero-order valence-electron chi connectivity index (χ0n) is 21.3. The molecular weight excluding hydrogens is 487 g/mol. The lowest BCUT2D eigenvalue weighted by molar-refractivity contribution is 0.198. The molecule has 0 radical (unpaired) electrons. The van der Waals surface area contributed by atoms with Crippen molar-refractivity contribution in [2.75, 3.05) is 39.2 Å². The molecule has 1 saturated heterocycles. The molecule has 5 rings (SSSR count). The highest BCUT2D eigenvalue weighted by molar-refractivity contribution is 6.33. The molecule has 194 valence electrons. The fourth-order valence-corrected chi connectivity index (χ4v) is 5.83. The van der Waals surface area contributed by atoms with Gasteiger partial charge in [0.25, 0.3) is 0 Å². The van der Waals surface area contributed by atoms with Crippen LogP contribution in [0.3, 0.4) is 0 Å². The van der Waals surface area contributed by atoms with E-state index in [0.717, 1.165) is 73.6 Å². The molecular formula is C31H34ClFN2O2. The van der Waals surface area contributed by atoms with Gasteiger partial charge in [-0.2, -0.15) is 0 Å². The van der Waals surface area contributed by atoms with E-state index in [1.54, 1.807) is 7.11 Å². The number of halogens is 2. The van der Waals surface area contributed by atoms with E-state index in [0.29, 0.717) is 11.4 Å². The highest BCUT2D eigenvalue weighted by Crippen LogP contribution is 2.43. The monoisotopic (exact) mass is 520 g/mol. The van der Waals surface area contributed by atoms with Crippen LogP contribution in [-0.2, 0) is 6.42 Å². The number of ether oxygens (including phenoxy) is 2. The number of benzene rings is 3. The van der Waals surface area contributed by atoms with Gasteiger partial charge in [0.2, 0.25) is 0 Å². The van der Waals surface area contributed by atoms with Gasteiger partial charge in [-0.05, 0) is 108 Å². The summed E-state index contributed by atoms with van der Waals surface area (Å²) in [5.41, 5.74) is 14.0. The molecule has 1 heterocycles. The summed E-state index contributed by atoms with van der Waals surface area (Å²) in [4.78, 5) is 2.28. The van der Waals surface area contributed by atoms with Crippen LogP contribution in [-0.4, -0.2) is 44.4 Å². The average Bonchev–Trinajstić information content (AvgIpc) is 3.27. The molecule has 0 bridgehead atoms. The molecule has 0 amide bonds. The van der Waals surface area contributed by atoms with Crippen LogP contribution in [0.25, 0.3) is 11.1 Å². The van der Waals surface area contributed by atoms with Crippen molar-refractivity contribution in [3.05, 3.63) is 87.9 Å². The number of fused-ring (bicyclic) bond motifs is 1. The second-order valence-corrected chi connectivity index (χ2v) is 10.3. The van der Waals surface area contributed by atoms with Crippen LogP contribution in [0, 0.1) is 0 Å². The van der Waals surface area contributed by atoms with Crippen LogP contribution in [0.2, 0.25) is 5.02 Å². The molecule has 1 fully saturated rings. The molecule has 0 unspecified atom stereocenters. The number of allylic oxidation sites excluding steroid dienone is 1. The second-order valence-electron chi connectivity index (χ2n) is 9.87. The van der Waals surface area contributed by atoms with Gasteiger partial charge in [-0.25, -0.2) is 0 Å². The quantitative estimate of drug-likeness (QED) is 0.324. The molecule has 1 atom stereocenters. The van der Waals surface area contributed by atoms with E-state index < -0.39 is 0 Å². The molecule has 1 aliphatic heterocycles. The Morgan fingerprint density at radius 1 is 1.00 bits per heavy atom. The van der Waals surface area contributed by atoms with Crippen molar-refractivity contribution < 1.29 is 13.9 Å². The highest BCUT2D eigenvalue weighted by atomic mass is 35.5. The number of aryl methyl sites for hydroxylation is 1. The van der Waals surface area contributed by atoms with E-state index in [1.807, 2.05) is 18.2 Å². The molecule has 0 aromatic heterocycles. The van der Waals surface area contributed by atoms with Gasteiger partial charge in [0, 0.05) is 25.3 Å². The van der Waals surface area contributed by atoms with Gasteiger partial charge in [0.15, 0.2) is 0 Å². The Labute approximate surface area is 223 Å². The van der Waals surface area contributed by atoms with Crippen molar-refractivity contribution >= 4 is 28.4 Å². The van der Waals surface area contributed by atoms with Gasteiger partial charge in [-0.3, -0.25) is 9.29 Å². The smallest absolute Gasteiger partial charge is 0.120 e. The lowest BCUT2D eigenvalue weighted by atomic mass is 9.87. The maximum atomic E-state index is 12.5. The Bertz CT molecular complexity index is 1270. The SMILES string of the molecule is COc1ccc(C2=C(c3ccc(O[C@H]4CCN(CCCF)C4)cc3)c3ccc(N)cc3CCC2)c(Cl)c1. The van der Waals surface area contributed by atoms with E-state index in [2.05, 4.69) is 47.4 Å². The summed E-state index contributed by atoms with van der Waals surface area (Å²) in [6.45, 7) is 2.34. The number of methoxy groups -OCH3 is 1. The minimum absolute atomic E-state index is 0.139. The van der Waals surface area contributed by atoms with Crippen molar-refractivity contribution in [3.63, 3.8) is 0 Å². The Hall–Kier alpha value is -3.02. The van der Waals surface area contributed by atoms with Gasteiger partial charge in [0.1, 0.15) is 17.6 Å². The Balaban J connectivity index is 1.49. The predicted molar refractivity (Wildman–Crippen MR) is 150 cm³/mol. The number of nitrogens with zero attached hydrogens (tertiary/aromatic N) is 1. The number of alkyl halides is 1. The largest absolute Gasteiger partial charge is 0.497 e. The summed E-state index contributed by atoms with van der Waals surface area (Å²) in [6.07, 6.45) is 4.57. The fourth-order valence-electron chi connectivity index (χ4n) is 5.55. The van der Waals surface area contributed by atoms with Crippen molar-refractivity contribution in [1.82, 2.24) is 4.90 Å². The molecule has 0 saturated carbocycles. The maximum absolute atomic E-state index is 12.5. The van der Waals surface area contributed by atoms with Crippen molar-refractivity contribution in [2.45, 2.75) is 38.2 Å². The minimum atomic E-state index is -0.265. The molecule has 3 aromatic carbocycles.